The molecule has 0 heterocycles. The maximum atomic E-state index is 12.9. The van der Waals surface area contributed by atoms with Gasteiger partial charge in [0.05, 0.1) is 12.2 Å². The molecule has 1 amide bonds. The van der Waals surface area contributed by atoms with Crippen LogP contribution in [0.15, 0.2) is 12.3 Å². The van der Waals surface area contributed by atoms with Crippen molar-refractivity contribution in [2.75, 3.05) is 27.7 Å². The molecule has 0 saturated heterocycles. The fourth-order valence-electron chi connectivity index (χ4n) is 4.14. The van der Waals surface area contributed by atoms with E-state index in [1.807, 2.05) is 20.8 Å². The number of aliphatic hydroxyl groups excluding tert-OH is 3. The summed E-state index contributed by atoms with van der Waals surface area (Å²) in [5, 5.41) is 30.1. The third-order valence-electron chi connectivity index (χ3n) is 7.16. The van der Waals surface area contributed by atoms with Crippen LogP contribution in [0.2, 0.25) is 0 Å². The second-order valence-electron chi connectivity index (χ2n) is 10.5. The Labute approximate surface area is 222 Å². The van der Waals surface area contributed by atoms with Crippen LogP contribution in [0.5, 0.6) is 0 Å². The highest BCUT2D eigenvalue weighted by Gasteiger charge is 2.36. The average Bonchev–Trinajstić information content (AvgIpc) is 2.85. The van der Waals surface area contributed by atoms with E-state index in [2.05, 4.69) is 0 Å². The number of carbonyl (C=O) groups is 3. The largest absolute Gasteiger partial charge is 0.462 e. The third-order valence-corrected chi connectivity index (χ3v) is 7.16. The molecule has 0 aromatic heterocycles. The highest BCUT2D eigenvalue weighted by atomic mass is 16.6. The van der Waals surface area contributed by atoms with Gasteiger partial charge in [-0.2, -0.15) is 0 Å². The van der Waals surface area contributed by atoms with Gasteiger partial charge in [0.15, 0.2) is 0 Å². The summed E-state index contributed by atoms with van der Waals surface area (Å²) in [5.41, 5.74) is 0. The first-order chi connectivity index (χ1) is 17.2. The standard InChI is InChI=1S/C27H50N2O8/c1-17(25(34)19(3)23(33)13-15-30)10-11-24(37-27(35)21(5)28(7)8)20(4)26(36-22(6)32)18(2)12-14-29(9)16-31/h12,14,16-21,23-26,30,33-34H,10-11,13,15H2,1-9H3/b14-12+/t17-,18+,19+,20-,21-,23-,24+,25-,26+/m0/s1. The van der Waals surface area contributed by atoms with E-state index in [9.17, 15) is 24.6 Å². The second-order valence-corrected chi connectivity index (χ2v) is 10.5. The number of hydrogen-bond acceptors (Lipinski definition) is 9. The summed E-state index contributed by atoms with van der Waals surface area (Å²) in [5.74, 6) is -2.23. The van der Waals surface area contributed by atoms with Gasteiger partial charge >= 0.3 is 11.9 Å². The molecule has 0 fully saturated rings. The molecule has 0 aromatic carbocycles. The van der Waals surface area contributed by atoms with Gasteiger partial charge in [-0.15, -0.1) is 0 Å². The Morgan fingerprint density at radius 1 is 0.919 bits per heavy atom. The summed E-state index contributed by atoms with van der Waals surface area (Å²) in [7, 11) is 5.15. The normalized spacial score (nSPS) is 19.3. The number of ether oxygens (including phenoxy) is 2. The lowest BCUT2D eigenvalue weighted by atomic mass is 9.82. The fourth-order valence-corrected chi connectivity index (χ4v) is 4.14. The number of amides is 1. The molecule has 0 aliphatic heterocycles. The molecule has 0 unspecified atom stereocenters. The lowest BCUT2D eigenvalue weighted by Gasteiger charge is -2.35. The van der Waals surface area contributed by atoms with Gasteiger partial charge in [-0.05, 0) is 46.2 Å². The maximum absolute atomic E-state index is 12.9. The molecule has 9 atom stereocenters. The van der Waals surface area contributed by atoms with Crippen molar-refractivity contribution in [2.24, 2.45) is 23.7 Å². The van der Waals surface area contributed by atoms with Crippen molar-refractivity contribution < 1.29 is 39.2 Å². The van der Waals surface area contributed by atoms with E-state index in [0.29, 0.717) is 19.3 Å². The summed E-state index contributed by atoms with van der Waals surface area (Å²) in [6.45, 7) is 10.2. The zero-order chi connectivity index (χ0) is 28.9. The monoisotopic (exact) mass is 530 g/mol. The van der Waals surface area contributed by atoms with E-state index in [0.717, 1.165) is 0 Å². The SMILES string of the molecule is CC(=O)O[C@@H]([C@@H](C)[C@@H](CC[C@H](C)[C@H](O)[C@H](C)[C@@H](O)CCO)OC(=O)[C@H](C)N(C)C)[C@H](C)/C=C/N(C)C=O. The van der Waals surface area contributed by atoms with Crippen LogP contribution in [-0.4, -0.2) is 102 Å². The Bertz CT molecular complexity index is 717. The smallest absolute Gasteiger partial charge is 0.323 e. The molecule has 10 nitrogen and oxygen atoms in total. The minimum absolute atomic E-state index is 0.168. The molecule has 0 rings (SSSR count). The van der Waals surface area contributed by atoms with Gasteiger partial charge in [0, 0.05) is 44.5 Å². The molecule has 0 radical (unpaired) electrons. The minimum atomic E-state index is -0.832. The molecule has 0 aliphatic rings. The van der Waals surface area contributed by atoms with Crippen LogP contribution in [0, 0.1) is 23.7 Å². The number of esters is 2. The third kappa shape index (κ3) is 12.4. The highest BCUT2D eigenvalue weighted by Crippen LogP contribution is 2.29. The number of likely N-dealkylation sites (N-methyl/N-ethyl adjacent to an activating group) is 1. The van der Waals surface area contributed by atoms with Crippen molar-refractivity contribution in [3.05, 3.63) is 12.3 Å². The molecule has 37 heavy (non-hydrogen) atoms. The highest BCUT2D eigenvalue weighted by molar-refractivity contribution is 5.75. The van der Waals surface area contributed by atoms with Crippen LogP contribution in [0.25, 0.3) is 0 Å². The van der Waals surface area contributed by atoms with E-state index in [1.54, 1.807) is 52.2 Å². The van der Waals surface area contributed by atoms with Crippen molar-refractivity contribution in [2.45, 2.75) is 91.3 Å². The van der Waals surface area contributed by atoms with Crippen LogP contribution < -0.4 is 0 Å². The van der Waals surface area contributed by atoms with Crippen molar-refractivity contribution >= 4 is 18.3 Å². The molecule has 0 aliphatic carbocycles. The number of nitrogens with zero attached hydrogens (tertiary/aromatic N) is 2. The van der Waals surface area contributed by atoms with Gasteiger partial charge < -0.3 is 29.7 Å². The molecule has 10 heteroatoms. The van der Waals surface area contributed by atoms with Crippen LogP contribution in [0.4, 0.5) is 0 Å². The molecule has 0 saturated carbocycles. The van der Waals surface area contributed by atoms with Gasteiger partial charge in [0.2, 0.25) is 6.41 Å². The predicted octanol–water partition coefficient (Wildman–Crippen LogP) is 1.81. The Morgan fingerprint density at radius 2 is 1.51 bits per heavy atom. The molecule has 0 bridgehead atoms. The summed E-state index contributed by atoms with van der Waals surface area (Å²) in [4.78, 5) is 38.9. The summed E-state index contributed by atoms with van der Waals surface area (Å²) in [6.07, 6.45) is 2.17. The minimum Gasteiger partial charge on any atom is -0.462 e. The molecular formula is C27H50N2O8. The van der Waals surface area contributed by atoms with Crippen LogP contribution in [0.3, 0.4) is 0 Å². The van der Waals surface area contributed by atoms with Gasteiger partial charge in [-0.3, -0.25) is 19.3 Å². The van der Waals surface area contributed by atoms with E-state index < -0.39 is 54.2 Å². The average molecular weight is 531 g/mol. The lowest BCUT2D eigenvalue weighted by molar-refractivity contribution is -0.165. The van der Waals surface area contributed by atoms with E-state index in [-0.39, 0.29) is 24.9 Å². The van der Waals surface area contributed by atoms with Crippen molar-refractivity contribution in [1.82, 2.24) is 9.80 Å². The lowest BCUT2D eigenvalue weighted by Crippen LogP contribution is -2.43. The van der Waals surface area contributed by atoms with E-state index >= 15 is 0 Å². The topological polar surface area (TPSA) is 137 Å². The van der Waals surface area contributed by atoms with Gasteiger partial charge in [0.1, 0.15) is 18.2 Å². The van der Waals surface area contributed by atoms with Crippen molar-refractivity contribution in [3.8, 4) is 0 Å². The van der Waals surface area contributed by atoms with Crippen LogP contribution >= 0.6 is 0 Å². The van der Waals surface area contributed by atoms with Crippen molar-refractivity contribution in [1.29, 1.82) is 0 Å². The Hall–Kier alpha value is -2.01. The second kappa shape index (κ2) is 17.5. The summed E-state index contributed by atoms with van der Waals surface area (Å²) in [6, 6.07) is -0.489. The van der Waals surface area contributed by atoms with Gasteiger partial charge in [0.25, 0.3) is 0 Å². The maximum Gasteiger partial charge on any atom is 0.323 e. The first-order valence-electron chi connectivity index (χ1n) is 13.0. The van der Waals surface area contributed by atoms with Crippen molar-refractivity contribution in [3.63, 3.8) is 0 Å². The Morgan fingerprint density at radius 3 is 2.00 bits per heavy atom. The number of carbonyl (C=O) groups excluding carboxylic acids is 3. The van der Waals surface area contributed by atoms with E-state index in [1.165, 1.54) is 11.8 Å². The first kappa shape index (κ1) is 35.0. The zero-order valence-electron chi connectivity index (χ0n) is 24.0. The number of rotatable bonds is 18. The zero-order valence-corrected chi connectivity index (χ0v) is 24.0. The summed E-state index contributed by atoms with van der Waals surface area (Å²) >= 11 is 0. The molecule has 3 N–H and O–H groups in total. The van der Waals surface area contributed by atoms with E-state index in [4.69, 9.17) is 14.6 Å². The number of hydrogen-bond donors (Lipinski definition) is 3. The summed E-state index contributed by atoms with van der Waals surface area (Å²) < 4.78 is 11.6. The molecule has 0 spiro atoms. The molecule has 216 valence electrons. The predicted molar refractivity (Wildman–Crippen MR) is 141 cm³/mol. The Balaban J connectivity index is 5.86. The van der Waals surface area contributed by atoms with Gasteiger partial charge in [-0.1, -0.05) is 33.8 Å². The van der Waals surface area contributed by atoms with Gasteiger partial charge in [-0.25, -0.2) is 0 Å². The first-order valence-corrected chi connectivity index (χ1v) is 13.0. The Kier molecular flexibility index (Phi) is 16.5. The fraction of sp³-hybridized carbons (Fsp3) is 0.815. The quantitative estimate of drug-likeness (QED) is 0.179. The number of aliphatic hydroxyl groups is 3. The molecular weight excluding hydrogens is 480 g/mol. The molecule has 0 aromatic rings. The van der Waals surface area contributed by atoms with Crippen LogP contribution in [-0.2, 0) is 23.9 Å². The van der Waals surface area contributed by atoms with Crippen LogP contribution in [0.1, 0.15) is 60.8 Å².